The molecule has 0 aliphatic rings. The number of rotatable bonds is 13. The van der Waals surface area contributed by atoms with Crippen molar-refractivity contribution >= 4 is 31.8 Å². The predicted octanol–water partition coefficient (Wildman–Crippen LogP) is 4.27. The van der Waals surface area contributed by atoms with Crippen molar-refractivity contribution in [2.45, 2.75) is 62.2 Å². The van der Waals surface area contributed by atoms with E-state index in [1.165, 1.54) is 12.1 Å². The number of hydrogen-bond donors (Lipinski definition) is 4. The molecular weight excluding hydrogens is 512 g/mol. The number of aromatic hydroxyl groups is 2. The lowest BCUT2D eigenvalue weighted by atomic mass is 9.81. The van der Waals surface area contributed by atoms with Gasteiger partial charge in [-0.1, -0.05) is 51.7 Å². The Labute approximate surface area is 210 Å². The number of hydrogen-bond acceptors (Lipinski definition) is 8. The molecular formula is C24H30O10S2. The first kappa shape index (κ1) is 29.4. The van der Waals surface area contributed by atoms with Crippen molar-refractivity contribution in [3.05, 3.63) is 47.5 Å². The van der Waals surface area contributed by atoms with E-state index in [1.807, 2.05) is 13.8 Å². The van der Waals surface area contributed by atoms with E-state index >= 15 is 0 Å². The number of ketones is 2. The van der Waals surface area contributed by atoms with E-state index in [2.05, 4.69) is 0 Å². The van der Waals surface area contributed by atoms with Crippen molar-refractivity contribution in [3.8, 4) is 11.5 Å². The second kappa shape index (κ2) is 12.0. The number of phenolic OH excluding ortho intramolecular Hbond substituents is 2. The average Bonchev–Trinajstić information content (AvgIpc) is 2.78. The molecule has 0 aliphatic heterocycles. The number of carbonyl (C=O) groups excluding carboxylic acids is 2. The third kappa shape index (κ3) is 7.12. The number of carbonyl (C=O) groups is 2. The molecule has 0 heterocycles. The summed E-state index contributed by atoms with van der Waals surface area (Å²) in [6, 6.07) is 6.57. The highest BCUT2D eigenvalue weighted by Gasteiger charge is 2.33. The molecule has 10 nitrogen and oxygen atoms in total. The third-order valence-electron chi connectivity index (χ3n) is 6.03. The first-order valence-corrected chi connectivity index (χ1v) is 14.3. The maximum Gasteiger partial charge on any atom is 0.298 e. The van der Waals surface area contributed by atoms with Gasteiger partial charge in [0.25, 0.3) is 20.2 Å². The third-order valence-corrected chi connectivity index (χ3v) is 7.92. The number of phenols is 2. The van der Waals surface area contributed by atoms with E-state index < -0.39 is 76.6 Å². The molecule has 0 aliphatic carbocycles. The summed E-state index contributed by atoms with van der Waals surface area (Å²) in [5.41, 5.74) is -1.03. The molecule has 0 spiro atoms. The van der Waals surface area contributed by atoms with Gasteiger partial charge in [-0.05, 0) is 36.6 Å². The van der Waals surface area contributed by atoms with Crippen LogP contribution in [0.15, 0.2) is 46.2 Å². The molecule has 2 aromatic carbocycles. The standard InChI is InChI=1S/C24H30O10S2/c1-3-5-8-15(4-2)13-16(22(28)18-10-7-12-20(26)24(18)36(32,33)34)14-21(27)17-9-6-11-19(25)23(17)35(29,30)31/h6-7,9-12,15-16,25-26H,3-5,8,13-14H2,1-2H3,(H,29,30,31)(H,32,33,34). The summed E-state index contributed by atoms with van der Waals surface area (Å²) in [5.74, 6) is -4.59. The Bertz CT molecular complexity index is 1330. The average molecular weight is 543 g/mol. The highest BCUT2D eigenvalue weighted by Crippen LogP contribution is 2.34. The highest BCUT2D eigenvalue weighted by atomic mass is 32.2. The smallest absolute Gasteiger partial charge is 0.298 e. The first-order valence-electron chi connectivity index (χ1n) is 11.4. The summed E-state index contributed by atoms with van der Waals surface area (Å²) in [4.78, 5) is 24.8. The molecule has 2 rings (SSSR count). The van der Waals surface area contributed by atoms with E-state index in [1.54, 1.807) is 0 Å². The Morgan fingerprint density at radius 3 is 1.81 bits per heavy atom. The molecule has 0 aromatic heterocycles. The molecule has 0 saturated carbocycles. The Balaban J connectivity index is 2.59. The lowest BCUT2D eigenvalue weighted by molar-refractivity contribution is 0.0824. The van der Waals surface area contributed by atoms with Crippen molar-refractivity contribution in [3.63, 3.8) is 0 Å². The zero-order valence-corrected chi connectivity index (χ0v) is 21.5. The van der Waals surface area contributed by atoms with Crippen LogP contribution >= 0.6 is 0 Å². The quantitative estimate of drug-likeness (QED) is 0.210. The fraction of sp³-hybridized carbons (Fsp3) is 0.417. The first-order chi connectivity index (χ1) is 16.7. The number of benzene rings is 2. The van der Waals surface area contributed by atoms with E-state index in [-0.39, 0.29) is 12.3 Å². The van der Waals surface area contributed by atoms with Crippen LogP contribution in [0.3, 0.4) is 0 Å². The predicted molar refractivity (Wildman–Crippen MR) is 131 cm³/mol. The molecule has 2 atom stereocenters. The molecule has 0 bridgehead atoms. The van der Waals surface area contributed by atoms with Gasteiger partial charge in [-0.3, -0.25) is 18.7 Å². The summed E-state index contributed by atoms with van der Waals surface area (Å²) in [7, 11) is -9.99. The van der Waals surface area contributed by atoms with Crippen molar-refractivity contribution in [1.29, 1.82) is 0 Å². The van der Waals surface area contributed by atoms with Crippen molar-refractivity contribution in [2.24, 2.45) is 11.8 Å². The van der Waals surface area contributed by atoms with Crippen LogP contribution in [0.1, 0.15) is 73.1 Å². The van der Waals surface area contributed by atoms with Crippen LogP contribution in [0, 0.1) is 11.8 Å². The van der Waals surface area contributed by atoms with Gasteiger partial charge in [-0.25, -0.2) is 0 Å². The molecule has 36 heavy (non-hydrogen) atoms. The summed E-state index contributed by atoms with van der Waals surface area (Å²) >= 11 is 0. The van der Waals surface area contributed by atoms with Gasteiger partial charge in [0, 0.05) is 23.5 Å². The maximum absolute atomic E-state index is 13.5. The van der Waals surface area contributed by atoms with E-state index in [0.717, 1.165) is 43.5 Å². The lowest BCUT2D eigenvalue weighted by Gasteiger charge is -2.23. The van der Waals surface area contributed by atoms with Gasteiger partial charge in [0.05, 0.1) is 0 Å². The molecule has 12 heteroatoms. The summed E-state index contributed by atoms with van der Waals surface area (Å²) in [6.45, 7) is 3.88. The van der Waals surface area contributed by atoms with Gasteiger partial charge in [0.2, 0.25) is 0 Å². The second-order valence-corrected chi connectivity index (χ2v) is 11.3. The largest absolute Gasteiger partial charge is 0.506 e. The fourth-order valence-corrected chi connectivity index (χ4v) is 5.80. The van der Waals surface area contributed by atoms with Gasteiger partial charge in [-0.2, -0.15) is 16.8 Å². The topological polar surface area (TPSA) is 183 Å². The Morgan fingerprint density at radius 2 is 1.33 bits per heavy atom. The van der Waals surface area contributed by atoms with Crippen LogP contribution < -0.4 is 0 Å². The van der Waals surface area contributed by atoms with Crippen LogP contribution in [0.2, 0.25) is 0 Å². The van der Waals surface area contributed by atoms with Gasteiger partial charge >= 0.3 is 0 Å². The molecule has 0 radical (unpaired) electrons. The minimum atomic E-state index is -5.00. The van der Waals surface area contributed by atoms with Crippen molar-refractivity contribution in [1.82, 2.24) is 0 Å². The van der Waals surface area contributed by atoms with Crippen LogP contribution in [-0.2, 0) is 20.2 Å². The Hall–Kier alpha value is -2.80. The summed E-state index contributed by atoms with van der Waals surface area (Å²) in [6.07, 6.45) is 2.66. The summed E-state index contributed by atoms with van der Waals surface area (Å²) in [5, 5.41) is 20.0. The molecule has 0 fully saturated rings. The van der Waals surface area contributed by atoms with Crippen molar-refractivity contribution < 1.29 is 45.7 Å². The van der Waals surface area contributed by atoms with E-state index in [9.17, 15) is 45.7 Å². The minimum Gasteiger partial charge on any atom is -0.506 e. The van der Waals surface area contributed by atoms with Crippen LogP contribution in [0.4, 0.5) is 0 Å². The van der Waals surface area contributed by atoms with Gasteiger partial charge in [0.1, 0.15) is 21.3 Å². The van der Waals surface area contributed by atoms with Gasteiger partial charge in [0.15, 0.2) is 11.6 Å². The van der Waals surface area contributed by atoms with Crippen LogP contribution in [0.5, 0.6) is 11.5 Å². The second-order valence-electron chi connectivity index (χ2n) is 8.60. The Morgan fingerprint density at radius 1 is 0.833 bits per heavy atom. The zero-order chi connectivity index (χ0) is 27.3. The Kier molecular flexibility index (Phi) is 9.78. The molecule has 2 aromatic rings. The monoisotopic (exact) mass is 542 g/mol. The minimum absolute atomic E-state index is 0.0385. The van der Waals surface area contributed by atoms with Crippen LogP contribution in [0.25, 0.3) is 0 Å². The van der Waals surface area contributed by atoms with E-state index in [4.69, 9.17) is 0 Å². The molecule has 4 N–H and O–H groups in total. The van der Waals surface area contributed by atoms with Gasteiger partial charge in [-0.15, -0.1) is 0 Å². The molecule has 0 saturated heterocycles. The molecule has 198 valence electrons. The number of unbranched alkanes of at least 4 members (excludes halogenated alkanes) is 1. The maximum atomic E-state index is 13.5. The fourth-order valence-electron chi connectivity index (χ4n) is 4.23. The van der Waals surface area contributed by atoms with Crippen molar-refractivity contribution in [2.75, 3.05) is 0 Å². The number of Topliss-reactive ketones (excluding diaryl/α,β-unsaturated/α-hetero) is 2. The summed E-state index contributed by atoms with van der Waals surface area (Å²) < 4.78 is 66.6. The molecule has 2 unspecified atom stereocenters. The lowest BCUT2D eigenvalue weighted by Crippen LogP contribution is -2.24. The van der Waals surface area contributed by atoms with Gasteiger partial charge < -0.3 is 10.2 Å². The zero-order valence-electron chi connectivity index (χ0n) is 19.9. The van der Waals surface area contributed by atoms with E-state index in [0.29, 0.717) is 6.42 Å². The highest BCUT2D eigenvalue weighted by molar-refractivity contribution is 7.86. The normalized spacial score (nSPS) is 13.8. The molecule has 0 amide bonds. The van der Waals surface area contributed by atoms with Crippen LogP contribution in [-0.4, -0.2) is 47.7 Å². The SMILES string of the molecule is CCCCC(CC)CC(CC(=O)c1cccc(O)c1S(=O)(=O)O)C(=O)c1cccc(O)c1S(=O)(=O)O.